The number of carbonyl (C=O) groups is 1. The minimum absolute atomic E-state index is 0.120. The van der Waals surface area contributed by atoms with Gasteiger partial charge in [0, 0.05) is 6.07 Å². The molecule has 6 heteroatoms. The zero-order chi connectivity index (χ0) is 9.14. The lowest BCUT2D eigenvalue weighted by Gasteiger charge is -1.90. The van der Waals surface area contributed by atoms with Crippen LogP contribution < -0.4 is 0 Å². The molecule has 0 unspecified atom stereocenters. The van der Waals surface area contributed by atoms with Crippen molar-refractivity contribution in [2.45, 2.75) is 0 Å². The zero-order valence-electron chi connectivity index (χ0n) is 5.73. The standard InChI is InChI=1S/C6H3ClN2O3/c7-6(10)4-2-1-3-5(8-4)9(11)12/h1-3H. The summed E-state index contributed by atoms with van der Waals surface area (Å²) in [5, 5.41) is 9.36. The molecule has 0 bridgehead atoms. The lowest BCUT2D eigenvalue weighted by Crippen LogP contribution is -1.98. The number of rotatable bonds is 2. The molecule has 0 saturated carbocycles. The predicted molar refractivity (Wildman–Crippen MR) is 41.1 cm³/mol. The highest BCUT2D eigenvalue weighted by Crippen LogP contribution is 2.08. The molecule has 0 atom stereocenters. The number of nitrogens with zero attached hydrogens (tertiary/aromatic N) is 2. The summed E-state index contributed by atoms with van der Waals surface area (Å²) in [6, 6.07) is 3.84. The Labute approximate surface area is 72.1 Å². The summed E-state index contributed by atoms with van der Waals surface area (Å²) in [6.07, 6.45) is 0. The van der Waals surface area contributed by atoms with Crippen LogP contribution in [0.2, 0.25) is 0 Å². The van der Waals surface area contributed by atoms with Crippen LogP contribution in [0.4, 0.5) is 5.82 Å². The Morgan fingerprint density at radius 3 is 2.75 bits per heavy atom. The second kappa shape index (κ2) is 3.27. The Balaban J connectivity index is 3.12. The molecule has 0 N–H and O–H groups in total. The van der Waals surface area contributed by atoms with Crippen LogP contribution >= 0.6 is 11.6 Å². The van der Waals surface area contributed by atoms with Gasteiger partial charge in [-0.15, -0.1) is 0 Å². The lowest BCUT2D eigenvalue weighted by molar-refractivity contribution is -0.389. The van der Waals surface area contributed by atoms with E-state index < -0.39 is 10.2 Å². The molecule has 1 aromatic heterocycles. The van der Waals surface area contributed by atoms with Crippen molar-refractivity contribution >= 4 is 22.7 Å². The molecule has 1 aromatic rings. The molecule has 0 aliphatic heterocycles. The monoisotopic (exact) mass is 186 g/mol. The summed E-state index contributed by atoms with van der Waals surface area (Å²) in [7, 11) is 0. The van der Waals surface area contributed by atoms with Crippen LogP contribution in [0.3, 0.4) is 0 Å². The van der Waals surface area contributed by atoms with Crippen molar-refractivity contribution in [3.05, 3.63) is 34.0 Å². The van der Waals surface area contributed by atoms with E-state index >= 15 is 0 Å². The minimum atomic E-state index is -0.807. The third-order valence-electron chi connectivity index (χ3n) is 1.12. The van der Waals surface area contributed by atoms with Crippen LogP contribution in [-0.4, -0.2) is 15.1 Å². The normalized spacial score (nSPS) is 9.42. The second-order valence-corrected chi connectivity index (χ2v) is 2.26. The predicted octanol–water partition coefficient (Wildman–Crippen LogP) is 1.37. The van der Waals surface area contributed by atoms with E-state index in [-0.39, 0.29) is 11.5 Å². The molecule has 12 heavy (non-hydrogen) atoms. The van der Waals surface area contributed by atoms with E-state index in [1.807, 2.05) is 0 Å². The molecule has 0 amide bonds. The van der Waals surface area contributed by atoms with Crippen molar-refractivity contribution in [3.63, 3.8) is 0 Å². The van der Waals surface area contributed by atoms with Gasteiger partial charge in [0.25, 0.3) is 5.24 Å². The molecule has 5 nitrogen and oxygen atoms in total. The van der Waals surface area contributed by atoms with E-state index in [4.69, 9.17) is 11.6 Å². The SMILES string of the molecule is O=C(Cl)c1cccc([N+](=O)[O-])n1. The molecule has 0 spiro atoms. The highest BCUT2D eigenvalue weighted by atomic mass is 35.5. The summed E-state index contributed by atoms with van der Waals surface area (Å²) < 4.78 is 0. The van der Waals surface area contributed by atoms with Crippen molar-refractivity contribution < 1.29 is 9.72 Å². The Bertz CT molecular complexity index is 310. The van der Waals surface area contributed by atoms with Crippen molar-refractivity contribution in [2.75, 3.05) is 0 Å². The van der Waals surface area contributed by atoms with E-state index in [0.29, 0.717) is 0 Å². The third kappa shape index (κ3) is 1.76. The number of nitro groups is 1. The van der Waals surface area contributed by atoms with Gasteiger partial charge in [-0.3, -0.25) is 4.79 Å². The average Bonchev–Trinajstić information content (AvgIpc) is 2.04. The first-order chi connectivity index (χ1) is 5.61. The molecule has 62 valence electrons. The first-order valence-corrected chi connectivity index (χ1v) is 3.30. The Morgan fingerprint density at radius 2 is 2.25 bits per heavy atom. The summed E-state index contributed by atoms with van der Waals surface area (Å²) in [5.74, 6) is -0.387. The second-order valence-electron chi connectivity index (χ2n) is 1.91. The van der Waals surface area contributed by atoms with Crippen LogP contribution in [0.25, 0.3) is 0 Å². The largest absolute Gasteiger partial charge is 0.364 e. The fourth-order valence-corrected chi connectivity index (χ4v) is 0.740. The van der Waals surface area contributed by atoms with E-state index in [1.165, 1.54) is 18.2 Å². The molecule has 0 aromatic carbocycles. The van der Waals surface area contributed by atoms with Gasteiger partial charge in [0.05, 0.1) is 0 Å². The Hall–Kier alpha value is -1.49. The summed E-state index contributed by atoms with van der Waals surface area (Å²) in [6.45, 7) is 0. The van der Waals surface area contributed by atoms with Crippen molar-refractivity contribution in [1.29, 1.82) is 0 Å². The lowest BCUT2D eigenvalue weighted by atomic mass is 10.4. The maximum atomic E-state index is 10.5. The van der Waals surface area contributed by atoms with Gasteiger partial charge in [-0.2, -0.15) is 0 Å². The number of pyridine rings is 1. The number of hydrogen-bond acceptors (Lipinski definition) is 4. The van der Waals surface area contributed by atoms with Gasteiger partial charge in [-0.1, -0.05) is 0 Å². The van der Waals surface area contributed by atoms with E-state index in [9.17, 15) is 14.9 Å². The van der Waals surface area contributed by atoms with Crippen LogP contribution in [0.15, 0.2) is 18.2 Å². The first kappa shape index (κ1) is 8.61. The van der Waals surface area contributed by atoms with E-state index in [1.54, 1.807) is 0 Å². The van der Waals surface area contributed by atoms with Crippen LogP contribution in [0.5, 0.6) is 0 Å². The number of hydrogen-bond donors (Lipinski definition) is 0. The molecule has 1 heterocycles. The molecule has 0 fully saturated rings. The van der Waals surface area contributed by atoms with Gasteiger partial charge >= 0.3 is 5.82 Å². The zero-order valence-corrected chi connectivity index (χ0v) is 6.49. The number of aromatic nitrogens is 1. The van der Waals surface area contributed by atoms with Crippen molar-refractivity contribution in [1.82, 2.24) is 4.98 Å². The Morgan fingerprint density at radius 1 is 1.58 bits per heavy atom. The van der Waals surface area contributed by atoms with Crippen LogP contribution in [-0.2, 0) is 0 Å². The van der Waals surface area contributed by atoms with Gasteiger partial charge in [-0.25, -0.2) is 0 Å². The molecular weight excluding hydrogens is 184 g/mol. The van der Waals surface area contributed by atoms with Crippen LogP contribution in [0, 0.1) is 10.1 Å². The fraction of sp³-hybridized carbons (Fsp3) is 0. The number of halogens is 1. The first-order valence-electron chi connectivity index (χ1n) is 2.92. The van der Waals surface area contributed by atoms with Gasteiger partial charge in [0.1, 0.15) is 0 Å². The van der Waals surface area contributed by atoms with E-state index in [2.05, 4.69) is 4.98 Å². The maximum Gasteiger partial charge on any atom is 0.364 e. The van der Waals surface area contributed by atoms with Gasteiger partial charge in [-0.05, 0) is 33.6 Å². The summed E-state index contributed by atoms with van der Waals surface area (Å²) >= 11 is 5.06. The van der Waals surface area contributed by atoms with Crippen molar-refractivity contribution in [3.8, 4) is 0 Å². The van der Waals surface area contributed by atoms with Crippen LogP contribution in [0.1, 0.15) is 10.5 Å². The molecular formula is C6H3ClN2O3. The maximum absolute atomic E-state index is 10.5. The molecule has 1 rings (SSSR count). The Kier molecular flexibility index (Phi) is 2.35. The molecule has 0 aliphatic carbocycles. The number of carbonyl (C=O) groups excluding carboxylic acids is 1. The third-order valence-corrected chi connectivity index (χ3v) is 1.32. The van der Waals surface area contributed by atoms with Crippen molar-refractivity contribution in [2.24, 2.45) is 0 Å². The van der Waals surface area contributed by atoms with E-state index in [0.717, 1.165) is 0 Å². The summed E-state index contributed by atoms with van der Waals surface area (Å²) in [5.41, 5.74) is -0.120. The summed E-state index contributed by atoms with van der Waals surface area (Å²) in [4.78, 5) is 23.4. The quantitative estimate of drug-likeness (QED) is 0.397. The minimum Gasteiger partial charge on any atom is -0.358 e. The van der Waals surface area contributed by atoms with Gasteiger partial charge in [0.2, 0.25) is 5.69 Å². The fourth-order valence-electron chi connectivity index (χ4n) is 0.634. The highest BCUT2D eigenvalue weighted by Gasteiger charge is 2.13. The average molecular weight is 187 g/mol. The molecule has 0 aliphatic rings. The smallest absolute Gasteiger partial charge is 0.358 e. The van der Waals surface area contributed by atoms with Gasteiger partial charge in [0.15, 0.2) is 0 Å². The van der Waals surface area contributed by atoms with Gasteiger partial charge < -0.3 is 10.1 Å². The highest BCUT2D eigenvalue weighted by molar-refractivity contribution is 6.67. The molecule has 0 saturated heterocycles. The molecule has 0 radical (unpaired) electrons. The topological polar surface area (TPSA) is 73.1 Å².